The van der Waals surface area contributed by atoms with Crippen LogP contribution < -0.4 is 0 Å². The Morgan fingerprint density at radius 2 is 1.13 bits per heavy atom. The minimum atomic E-state index is -4.28. The van der Waals surface area contributed by atoms with Crippen LogP contribution in [0.5, 0.6) is 0 Å². The van der Waals surface area contributed by atoms with Gasteiger partial charge < -0.3 is 14.4 Å². The highest BCUT2D eigenvalue weighted by molar-refractivity contribution is 7.47. The van der Waals surface area contributed by atoms with Gasteiger partial charge in [0.2, 0.25) is 0 Å². The van der Waals surface area contributed by atoms with Crippen LogP contribution in [0.15, 0.2) is 60.8 Å². The van der Waals surface area contributed by atoms with Gasteiger partial charge in [0, 0.05) is 12.8 Å². The van der Waals surface area contributed by atoms with Crippen molar-refractivity contribution in [3.05, 3.63) is 60.8 Å². The molecule has 8 nitrogen and oxygen atoms in total. The maximum absolute atomic E-state index is 12.4. The molecule has 0 aromatic rings. The van der Waals surface area contributed by atoms with Crippen molar-refractivity contribution < 1.29 is 37.6 Å². The zero-order chi connectivity index (χ0) is 33.3. The van der Waals surface area contributed by atoms with E-state index in [0.717, 1.165) is 83.5 Å². The van der Waals surface area contributed by atoms with Gasteiger partial charge in [-0.1, -0.05) is 100 Å². The van der Waals surface area contributed by atoms with Crippen molar-refractivity contribution in [2.24, 2.45) is 0 Å². The third kappa shape index (κ3) is 31.5. The molecule has 0 amide bonds. The number of esters is 2. The molecule has 9 heteroatoms. The Labute approximate surface area is 273 Å². The normalized spacial score (nSPS) is 14.3. The van der Waals surface area contributed by atoms with Crippen LogP contribution in [0.1, 0.15) is 130 Å². The van der Waals surface area contributed by atoms with E-state index in [9.17, 15) is 19.0 Å². The van der Waals surface area contributed by atoms with E-state index in [0.29, 0.717) is 6.42 Å². The monoisotopic (exact) mass is 652 g/mol. The standard InChI is InChI=1S/C36H61O8P/c1-4-7-9-11-13-15-17-18-19-20-21-23-25-27-29-31-36(38)44-34(33-43-45(39,40)42-6-3)32-41-35(37)30-28-26-24-22-16-14-12-10-8-5-2/h7,9-10,12-13,15,18-19,21,23,34H,4-6,8,11,14,16-17,20,22,24-33H2,1-3H3,(H,39,40)/b9-7-,12-10-,15-13-,19-18-,23-21-. The summed E-state index contributed by atoms with van der Waals surface area (Å²) in [5.41, 5.74) is 0. The summed E-state index contributed by atoms with van der Waals surface area (Å²) < 4.78 is 32.3. The number of hydrogen-bond acceptors (Lipinski definition) is 7. The van der Waals surface area contributed by atoms with Crippen LogP contribution in [0.25, 0.3) is 0 Å². The average Bonchev–Trinajstić information content (AvgIpc) is 3.01. The summed E-state index contributed by atoms with van der Waals surface area (Å²) >= 11 is 0. The third-order valence-corrected chi connectivity index (χ3v) is 7.60. The molecule has 0 spiro atoms. The Balaban J connectivity index is 4.32. The fraction of sp³-hybridized carbons (Fsp3) is 0.667. The van der Waals surface area contributed by atoms with Crippen LogP contribution in [0.3, 0.4) is 0 Å². The number of phosphoric ester groups is 1. The second-order valence-corrected chi connectivity index (χ2v) is 12.2. The summed E-state index contributed by atoms with van der Waals surface area (Å²) in [4.78, 5) is 34.4. The van der Waals surface area contributed by atoms with Crippen molar-refractivity contribution in [3.8, 4) is 0 Å². The number of allylic oxidation sites excluding steroid dienone is 10. The van der Waals surface area contributed by atoms with E-state index in [1.807, 2.05) is 0 Å². The van der Waals surface area contributed by atoms with Crippen LogP contribution in [0.2, 0.25) is 0 Å². The predicted octanol–water partition coefficient (Wildman–Crippen LogP) is 10.0. The highest BCUT2D eigenvalue weighted by atomic mass is 31.2. The minimum Gasteiger partial charge on any atom is -0.462 e. The first-order chi connectivity index (χ1) is 21.8. The van der Waals surface area contributed by atoms with Crippen molar-refractivity contribution >= 4 is 19.8 Å². The van der Waals surface area contributed by atoms with Crippen LogP contribution in [-0.2, 0) is 32.7 Å². The highest BCUT2D eigenvalue weighted by Crippen LogP contribution is 2.43. The topological polar surface area (TPSA) is 108 Å². The van der Waals surface area contributed by atoms with Gasteiger partial charge in [0.1, 0.15) is 6.61 Å². The molecule has 0 rings (SSSR count). The maximum atomic E-state index is 12.4. The lowest BCUT2D eigenvalue weighted by atomic mass is 10.1. The zero-order valence-corrected chi connectivity index (χ0v) is 29.1. The maximum Gasteiger partial charge on any atom is 0.472 e. The number of ether oxygens (including phenoxy) is 2. The molecule has 0 aromatic heterocycles. The van der Waals surface area contributed by atoms with E-state index in [-0.39, 0.29) is 26.1 Å². The highest BCUT2D eigenvalue weighted by Gasteiger charge is 2.25. The Bertz CT molecular complexity index is 922. The second kappa shape index (κ2) is 31.7. The van der Waals surface area contributed by atoms with E-state index in [2.05, 4.69) is 74.6 Å². The number of unbranched alkanes of at least 4 members (excludes halogenated alkanes) is 8. The third-order valence-electron chi connectivity index (χ3n) is 6.54. The second-order valence-electron chi connectivity index (χ2n) is 10.8. The first kappa shape index (κ1) is 42.8. The van der Waals surface area contributed by atoms with Crippen LogP contribution in [-0.4, -0.2) is 42.8 Å². The fourth-order valence-corrected chi connectivity index (χ4v) is 4.85. The Morgan fingerprint density at radius 3 is 1.78 bits per heavy atom. The predicted molar refractivity (Wildman–Crippen MR) is 184 cm³/mol. The molecule has 258 valence electrons. The van der Waals surface area contributed by atoms with E-state index in [1.165, 1.54) is 6.42 Å². The molecule has 0 aliphatic heterocycles. The molecular weight excluding hydrogens is 591 g/mol. The van der Waals surface area contributed by atoms with Crippen LogP contribution in [0, 0.1) is 0 Å². The summed E-state index contributed by atoms with van der Waals surface area (Å²) in [6.45, 7) is 5.19. The Morgan fingerprint density at radius 1 is 0.622 bits per heavy atom. The quantitative estimate of drug-likeness (QED) is 0.0353. The zero-order valence-electron chi connectivity index (χ0n) is 28.2. The summed E-state index contributed by atoms with van der Waals surface area (Å²) in [5, 5.41) is 0. The largest absolute Gasteiger partial charge is 0.472 e. The molecule has 0 fully saturated rings. The Hall–Kier alpha value is -2.25. The molecule has 2 unspecified atom stereocenters. The van der Waals surface area contributed by atoms with Crippen molar-refractivity contribution in [1.82, 2.24) is 0 Å². The first-order valence-corrected chi connectivity index (χ1v) is 18.6. The van der Waals surface area contributed by atoms with Gasteiger partial charge in [0.15, 0.2) is 6.10 Å². The lowest BCUT2D eigenvalue weighted by Gasteiger charge is -2.19. The molecule has 0 heterocycles. The van der Waals surface area contributed by atoms with Gasteiger partial charge in [-0.3, -0.25) is 18.6 Å². The van der Waals surface area contributed by atoms with Gasteiger partial charge >= 0.3 is 19.8 Å². The van der Waals surface area contributed by atoms with Gasteiger partial charge in [-0.15, -0.1) is 0 Å². The SMILES string of the molecule is CC/C=C\C/C=C\C/C=C\C/C=C\CCCCC(=O)OC(COC(=O)CCCCCCC/C=C\CCC)COP(=O)(O)OCC. The molecule has 1 N–H and O–H groups in total. The summed E-state index contributed by atoms with van der Waals surface area (Å²) in [6.07, 6.45) is 35.7. The number of hydrogen-bond donors (Lipinski definition) is 1. The van der Waals surface area contributed by atoms with Crippen molar-refractivity contribution in [1.29, 1.82) is 0 Å². The molecule has 2 atom stereocenters. The lowest BCUT2D eigenvalue weighted by Crippen LogP contribution is -2.29. The molecule has 0 saturated heterocycles. The molecule has 0 radical (unpaired) electrons. The van der Waals surface area contributed by atoms with E-state index < -0.39 is 32.5 Å². The molecule has 45 heavy (non-hydrogen) atoms. The summed E-state index contributed by atoms with van der Waals surface area (Å²) in [6, 6.07) is 0. The molecule has 0 aromatic carbocycles. The van der Waals surface area contributed by atoms with Gasteiger partial charge in [-0.05, 0) is 77.6 Å². The van der Waals surface area contributed by atoms with E-state index in [1.54, 1.807) is 6.92 Å². The summed E-state index contributed by atoms with van der Waals surface area (Å²) in [7, 11) is -4.28. The average molecular weight is 653 g/mol. The Kier molecular flexibility index (Phi) is 30.1. The van der Waals surface area contributed by atoms with Crippen molar-refractivity contribution in [2.75, 3.05) is 19.8 Å². The first-order valence-electron chi connectivity index (χ1n) is 17.1. The van der Waals surface area contributed by atoms with Crippen molar-refractivity contribution in [2.45, 2.75) is 136 Å². The van der Waals surface area contributed by atoms with Crippen LogP contribution >= 0.6 is 7.82 Å². The lowest BCUT2D eigenvalue weighted by molar-refractivity contribution is -0.161. The molecule has 0 bridgehead atoms. The van der Waals surface area contributed by atoms with Gasteiger partial charge in [-0.2, -0.15) is 0 Å². The van der Waals surface area contributed by atoms with Gasteiger partial charge in [0.05, 0.1) is 13.2 Å². The molecular formula is C36H61O8P. The number of rotatable bonds is 30. The summed E-state index contributed by atoms with van der Waals surface area (Å²) in [5.74, 6) is -0.869. The molecule has 0 saturated carbocycles. The smallest absolute Gasteiger partial charge is 0.462 e. The minimum absolute atomic E-state index is 0.0119. The van der Waals surface area contributed by atoms with Crippen molar-refractivity contribution in [3.63, 3.8) is 0 Å². The van der Waals surface area contributed by atoms with E-state index in [4.69, 9.17) is 18.5 Å². The fourth-order valence-electron chi connectivity index (χ4n) is 4.09. The molecule has 0 aliphatic rings. The van der Waals surface area contributed by atoms with Gasteiger partial charge in [0.25, 0.3) is 0 Å². The number of carbonyl (C=O) groups excluding carboxylic acids is 2. The number of carbonyl (C=O) groups is 2. The van der Waals surface area contributed by atoms with Crippen LogP contribution in [0.4, 0.5) is 0 Å². The number of phosphoric acid groups is 1. The van der Waals surface area contributed by atoms with Gasteiger partial charge in [-0.25, -0.2) is 4.57 Å². The van der Waals surface area contributed by atoms with E-state index >= 15 is 0 Å². The molecule has 0 aliphatic carbocycles.